The lowest BCUT2D eigenvalue weighted by atomic mass is 9.92. The van der Waals surface area contributed by atoms with Crippen LogP contribution in [0.3, 0.4) is 0 Å². The lowest BCUT2D eigenvalue weighted by Gasteiger charge is -2.35. The Bertz CT molecular complexity index is 478. The quantitative estimate of drug-likeness (QED) is 0.788. The number of carbonyl (C=O) groups excluding carboxylic acids is 1. The molecule has 6 nitrogen and oxygen atoms in total. The Balaban J connectivity index is 2.12. The number of hydrogen-bond acceptors (Lipinski definition) is 6. The Hall–Kier alpha value is -1.21. The van der Waals surface area contributed by atoms with E-state index in [1.54, 1.807) is 13.3 Å². The van der Waals surface area contributed by atoms with E-state index in [4.69, 9.17) is 4.74 Å². The maximum Gasteiger partial charge on any atom is 0.172 e. The molecular formula is C14H21BrN4O2. The molecular weight excluding hydrogens is 336 g/mol. The average Bonchev–Trinajstić information content (AvgIpc) is 2.53. The van der Waals surface area contributed by atoms with Crippen LogP contribution in [-0.4, -0.2) is 49.1 Å². The third kappa shape index (κ3) is 4.14. The highest BCUT2D eigenvalue weighted by Gasteiger charge is 2.26. The van der Waals surface area contributed by atoms with Crippen LogP contribution in [0.5, 0.6) is 0 Å². The monoisotopic (exact) mass is 356 g/mol. The van der Waals surface area contributed by atoms with Crippen molar-refractivity contribution >= 4 is 33.9 Å². The summed E-state index contributed by atoms with van der Waals surface area (Å²) in [5.74, 6) is 1.41. The Labute approximate surface area is 133 Å². The van der Waals surface area contributed by atoms with Gasteiger partial charge in [0.25, 0.3) is 0 Å². The minimum Gasteiger partial charge on any atom is -0.381 e. The lowest BCUT2D eigenvalue weighted by molar-refractivity contribution is -0.106. The molecule has 0 aliphatic heterocycles. The number of halogens is 1. The molecule has 0 atom stereocenters. The van der Waals surface area contributed by atoms with Crippen LogP contribution in [0.2, 0.25) is 0 Å². The van der Waals surface area contributed by atoms with Crippen LogP contribution < -0.4 is 10.2 Å². The molecule has 0 aromatic carbocycles. The number of nitrogens with zero attached hydrogens (tertiary/aromatic N) is 3. The minimum absolute atomic E-state index is 0.230. The van der Waals surface area contributed by atoms with Crippen molar-refractivity contribution < 1.29 is 9.53 Å². The fraction of sp³-hybridized carbons (Fsp3) is 0.643. The van der Waals surface area contributed by atoms with Crippen molar-refractivity contribution in [3.63, 3.8) is 0 Å². The van der Waals surface area contributed by atoms with Crippen molar-refractivity contribution in [1.82, 2.24) is 9.97 Å². The first-order chi connectivity index (χ1) is 10.2. The molecule has 21 heavy (non-hydrogen) atoms. The summed E-state index contributed by atoms with van der Waals surface area (Å²) in [4.78, 5) is 21.5. The van der Waals surface area contributed by atoms with Gasteiger partial charge in [0.15, 0.2) is 11.6 Å². The van der Waals surface area contributed by atoms with Gasteiger partial charge in [-0.2, -0.15) is 0 Å². The zero-order valence-corrected chi connectivity index (χ0v) is 14.0. The standard InChI is InChI=1S/C14H21BrN4O2/c1-19(10-3-5-11(21-2)6-4-10)14-13(16-7-8-20)17-9-12(15)18-14/h8-11H,3-7H2,1-2H3,(H,16,17). The van der Waals surface area contributed by atoms with Crippen molar-refractivity contribution in [3.05, 3.63) is 10.8 Å². The van der Waals surface area contributed by atoms with Crippen LogP contribution in [0, 0.1) is 0 Å². The summed E-state index contributed by atoms with van der Waals surface area (Å²) in [6.45, 7) is 0.230. The van der Waals surface area contributed by atoms with Crippen molar-refractivity contribution in [2.75, 3.05) is 30.9 Å². The van der Waals surface area contributed by atoms with Crippen LogP contribution in [0.1, 0.15) is 25.7 Å². The molecule has 0 saturated heterocycles. The van der Waals surface area contributed by atoms with Gasteiger partial charge in [-0.25, -0.2) is 9.97 Å². The minimum atomic E-state index is 0.230. The fourth-order valence-electron chi connectivity index (χ4n) is 2.71. The normalized spacial score (nSPS) is 21.9. The fourth-order valence-corrected chi connectivity index (χ4v) is 2.98. The van der Waals surface area contributed by atoms with Gasteiger partial charge in [0.2, 0.25) is 0 Å². The van der Waals surface area contributed by atoms with E-state index >= 15 is 0 Å². The second-order valence-corrected chi connectivity index (χ2v) is 6.00. The Morgan fingerprint density at radius 2 is 2.19 bits per heavy atom. The second-order valence-electron chi connectivity index (χ2n) is 5.19. The molecule has 1 heterocycles. The summed E-state index contributed by atoms with van der Waals surface area (Å²) in [6.07, 6.45) is 7.07. The van der Waals surface area contributed by atoms with E-state index in [0.29, 0.717) is 22.6 Å². The van der Waals surface area contributed by atoms with Crippen molar-refractivity contribution in [2.24, 2.45) is 0 Å². The second kappa shape index (κ2) is 7.70. The molecule has 1 aliphatic rings. The van der Waals surface area contributed by atoms with E-state index in [-0.39, 0.29) is 6.54 Å². The molecule has 7 heteroatoms. The molecule has 1 aromatic heterocycles. The van der Waals surface area contributed by atoms with Gasteiger partial charge in [-0.15, -0.1) is 0 Å². The van der Waals surface area contributed by atoms with Gasteiger partial charge in [-0.3, -0.25) is 0 Å². The topological polar surface area (TPSA) is 67.3 Å². The SMILES string of the molecule is COC1CCC(N(C)c2nc(Br)cnc2NCC=O)CC1. The van der Waals surface area contributed by atoms with Crippen molar-refractivity contribution in [3.8, 4) is 0 Å². The molecule has 0 unspecified atom stereocenters. The van der Waals surface area contributed by atoms with Gasteiger partial charge >= 0.3 is 0 Å². The first-order valence-electron chi connectivity index (χ1n) is 7.11. The average molecular weight is 357 g/mol. The summed E-state index contributed by atoms with van der Waals surface area (Å²) >= 11 is 3.36. The first-order valence-corrected chi connectivity index (χ1v) is 7.90. The predicted molar refractivity (Wildman–Crippen MR) is 85.7 cm³/mol. The maximum atomic E-state index is 10.5. The molecule has 1 aliphatic carbocycles. The van der Waals surface area contributed by atoms with Crippen LogP contribution in [0.25, 0.3) is 0 Å². The number of nitrogens with one attached hydrogen (secondary N) is 1. The number of carbonyl (C=O) groups is 1. The van der Waals surface area contributed by atoms with Crippen LogP contribution in [-0.2, 0) is 9.53 Å². The molecule has 0 radical (unpaired) electrons. The van der Waals surface area contributed by atoms with E-state index in [1.807, 2.05) is 7.05 Å². The van der Waals surface area contributed by atoms with Crippen molar-refractivity contribution in [2.45, 2.75) is 37.8 Å². The van der Waals surface area contributed by atoms with Crippen molar-refractivity contribution in [1.29, 1.82) is 0 Å². The summed E-state index contributed by atoms with van der Waals surface area (Å²) in [7, 11) is 3.80. The predicted octanol–water partition coefficient (Wildman–Crippen LogP) is 2.24. The number of aromatic nitrogens is 2. The Morgan fingerprint density at radius 1 is 1.48 bits per heavy atom. The molecule has 0 bridgehead atoms. The third-order valence-electron chi connectivity index (χ3n) is 3.94. The van der Waals surface area contributed by atoms with E-state index in [0.717, 1.165) is 37.8 Å². The zero-order valence-electron chi connectivity index (χ0n) is 12.4. The van der Waals surface area contributed by atoms with E-state index < -0.39 is 0 Å². The van der Waals surface area contributed by atoms with Gasteiger partial charge < -0.3 is 19.7 Å². The van der Waals surface area contributed by atoms with Crippen LogP contribution in [0.4, 0.5) is 11.6 Å². The molecule has 2 rings (SSSR count). The number of ether oxygens (including phenoxy) is 1. The van der Waals surface area contributed by atoms with Gasteiger partial charge in [-0.1, -0.05) is 0 Å². The molecule has 1 N–H and O–H groups in total. The maximum absolute atomic E-state index is 10.5. The van der Waals surface area contributed by atoms with Crippen LogP contribution >= 0.6 is 15.9 Å². The Morgan fingerprint density at radius 3 is 2.81 bits per heavy atom. The third-order valence-corrected chi connectivity index (χ3v) is 4.32. The molecule has 1 aromatic rings. The lowest BCUT2D eigenvalue weighted by Crippen LogP contribution is -2.37. The smallest absolute Gasteiger partial charge is 0.172 e. The van der Waals surface area contributed by atoms with E-state index in [1.165, 1.54) is 0 Å². The van der Waals surface area contributed by atoms with Gasteiger partial charge in [0.05, 0.1) is 18.8 Å². The molecule has 0 spiro atoms. The zero-order chi connectivity index (χ0) is 15.2. The van der Waals surface area contributed by atoms with Gasteiger partial charge in [-0.05, 0) is 41.6 Å². The number of methoxy groups -OCH3 is 1. The number of hydrogen-bond donors (Lipinski definition) is 1. The molecule has 1 saturated carbocycles. The molecule has 116 valence electrons. The summed E-state index contributed by atoms with van der Waals surface area (Å²) in [6, 6.07) is 0.414. The number of anilines is 2. The largest absolute Gasteiger partial charge is 0.381 e. The van der Waals surface area contributed by atoms with E-state index in [2.05, 4.69) is 36.1 Å². The molecule has 1 fully saturated rings. The molecule has 0 amide bonds. The summed E-state index contributed by atoms with van der Waals surface area (Å²) in [5, 5.41) is 3.00. The van der Waals surface area contributed by atoms with Gasteiger partial charge in [0, 0.05) is 20.2 Å². The summed E-state index contributed by atoms with van der Waals surface area (Å²) in [5.41, 5.74) is 0. The first kappa shape index (κ1) is 16.2. The summed E-state index contributed by atoms with van der Waals surface area (Å²) < 4.78 is 6.10. The van der Waals surface area contributed by atoms with Gasteiger partial charge in [0.1, 0.15) is 10.9 Å². The van der Waals surface area contributed by atoms with E-state index in [9.17, 15) is 4.79 Å². The number of rotatable bonds is 6. The highest BCUT2D eigenvalue weighted by molar-refractivity contribution is 9.10. The van der Waals surface area contributed by atoms with Crippen LogP contribution in [0.15, 0.2) is 10.8 Å². The number of aldehydes is 1. The highest BCUT2D eigenvalue weighted by Crippen LogP contribution is 2.30. The Kier molecular flexibility index (Phi) is 5.93. The highest BCUT2D eigenvalue weighted by atomic mass is 79.9.